The van der Waals surface area contributed by atoms with Crippen LogP contribution in [0.3, 0.4) is 0 Å². The first-order valence-corrected chi connectivity index (χ1v) is 9.44. The van der Waals surface area contributed by atoms with Crippen molar-refractivity contribution in [3.63, 3.8) is 0 Å². The molecule has 0 saturated carbocycles. The highest BCUT2D eigenvalue weighted by molar-refractivity contribution is 6.38. The summed E-state index contributed by atoms with van der Waals surface area (Å²) < 4.78 is 16.2. The zero-order valence-electron chi connectivity index (χ0n) is 15.5. The fourth-order valence-electron chi connectivity index (χ4n) is 2.88. The highest BCUT2D eigenvalue weighted by Gasteiger charge is 2.24. The highest BCUT2D eigenvalue weighted by atomic mass is 35.5. The summed E-state index contributed by atoms with van der Waals surface area (Å²) in [7, 11) is 4.69. The number of hydrogen-bond donors (Lipinski definition) is 0. The molecule has 0 heterocycles. The molecule has 0 aliphatic rings. The van der Waals surface area contributed by atoms with Crippen molar-refractivity contribution in [3.8, 4) is 17.2 Å². The van der Waals surface area contributed by atoms with Gasteiger partial charge in [-0.2, -0.15) is 0 Å². The first kappa shape index (κ1) is 20.5. The molecular weight excluding hydrogens is 421 g/mol. The van der Waals surface area contributed by atoms with Gasteiger partial charge in [-0.25, -0.2) is 0 Å². The number of methoxy groups -OCH3 is 3. The van der Waals surface area contributed by atoms with Gasteiger partial charge in [-0.05, 0) is 36.4 Å². The molecule has 0 amide bonds. The van der Waals surface area contributed by atoms with Crippen molar-refractivity contribution in [2.45, 2.75) is 0 Å². The van der Waals surface area contributed by atoms with Crippen molar-refractivity contribution >= 4 is 51.9 Å². The second-order valence-electron chi connectivity index (χ2n) is 5.72. The standard InChI is InChI=1S/C21H18Cl3NO3/c1-26-16-10-4-7-13(19(16)22)25(14-8-5-11-17(27-2)20(14)23)15-9-6-12-18(28-3)21(15)24/h4-12H,1-3H3. The fraction of sp³-hybridized carbons (Fsp3) is 0.143. The Kier molecular flexibility index (Phi) is 6.45. The number of hydrogen-bond acceptors (Lipinski definition) is 4. The zero-order chi connectivity index (χ0) is 20.3. The van der Waals surface area contributed by atoms with E-state index < -0.39 is 0 Å². The molecule has 28 heavy (non-hydrogen) atoms. The summed E-state index contributed by atoms with van der Waals surface area (Å²) in [5.41, 5.74) is 1.93. The Bertz CT molecular complexity index is 867. The van der Waals surface area contributed by atoms with Gasteiger partial charge in [0.2, 0.25) is 0 Å². The van der Waals surface area contributed by atoms with Crippen LogP contribution in [-0.4, -0.2) is 21.3 Å². The molecule has 146 valence electrons. The van der Waals surface area contributed by atoms with Crippen molar-refractivity contribution in [2.75, 3.05) is 26.2 Å². The monoisotopic (exact) mass is 437 g/mol. The molecule has 0 spiro atoms. The summed E-state index contributed by atoms with van der Waals surface area (Å²) in [4.78, 5) is 1.85. The molecule has 0 fully saturated rings. The summed E-state index contributed by atoms with van der Waals surface area (Å²) in [5, 5.41) is 1.26. The summed E-state index contributed by atoms with van der Waals surface area (Å²) in [5.74, 6) is 1.59. The van der Waals surface area contributed by atoms with Crippen LogP contribution in [0.1, 0.15) is 0 Å². The second-order valence-corrected chi connectivity index (χ2v) is 6.85. The molecule has 3 aromatic carbocycles. The minimum atomic E-state index is 0.419. The van der Waals surface area contributed by atoms with Crippen molar-refractivity contribution < 1.29 is 14.2 Å². The van der Waals surface area contributed by atoms with Gasteiger partial charge < -0.3 is 19.1 Å². The molecule has 0 radical (unpaired) electrons. The first-order valence-electron chi connectivity index (χ1n) is 8.31. The van der Waals surface area contributed by atoms with E-state index in [0.717, 1.165) is 0 Å². The Morgan fingerprint density at radius 1 is 0.536 bits per heavy atom. The Hall–Kier alpha value is -2.27. The number of ether oxygens (including phenoxy) is 3. The molecule has 0 aromatic heterocycles. The third-order valence-corrected chi connectivity index (χ3v) is 5.35. The molecule has 0 aliphatic carbocycles. The molecular formula is C21H18Cl3NO3. The third-order valence-electron chi connectivity index (χ3n) is 4.21. The molecule has 0 unspecified atom stereocenters. The Balaban J connectivity index is 2.34. The quantitative estimate of drug-likeness (QED) is 0.409. The molecule has 0 atom stereocenters. The minimum absolute atomic E-state index is 0.419. The third kappa shape index (κ3) is 3.68. The smallest absolute Gasteiger partial charge is 0.139 e. The van der Waals surface area contributed by atoms with Gasteiger partial charge in [-0.1, -0.05) is 53.0 Å². The van der Waals surface area contributed by atoms with E-state index in [-0.39, 0.29) is 0 Å². The zero-order valence-corrected chi connectivity index (χ0v) is 17.8. The lowest BCUT2D eigenvalue weighted by Gasteiger charge is -2.29. The number of nitrogens with zero attached hydrogens (tertiary/aromatic N) is 1. The van der Waals surface area contributed by atoms with Crippen LogP contribution in [0.2, 0.25) is 15.1 Å². The number of rotatable bonds is 6. The van der Waals surface area contributed by atoms with E-state index in [1.165, 1.54) is 0 Å². The Morgan fingerprint density at radius 3 is 1.07 bits per heavy atom. The van der Waals surface area contributed by atoms with E-state index in [2.05, 4.69) is 0 Å². The summed E-state index contributed by atoms with van der Waals surface area (Å²) >= 11 is 19.9. The molecule has 0 saturated heterocycles. The lowest BCUT2D eigenvalue weighted by Crippen LogP contribution is -2.12. The average Bonchev–Trinajstić information content (AvgIpc) is 2.71. The van der Waals surface area contributed by atoms with Gasteiger partial charge in [-0.15, -0.1) is 0 Å². The maximum atomic E-state index is 6.64. The van der Waals surface area contributed by atoms with Crippen LogP contribution < -0.4 is 19.1 Å². The largest absolute Gasteiger partial charge is 0.495 e. The topological polar surface area (TPSA) is 30.9 Å². The SMILES string of the molecule is COc1cccc(N(c2cccc(OC)c2Cl)c2cccc(OC)c2Cl)c1Cl. The highest BCUT2D eigenvalue weighted by Crippen LogP contribution is 2.49. The van der Waals surface area contributed by atoms with Crippen LogP contribution in [0.4, 0.5) is 17.1 Å². The maximum absolute atomic E-state index is 6.64. The van der Waals surface area contributed by atoms with Gasteiger partial charge in [0.15, 0.2) is 0 Å². The molecule has 3 rings (SSSR count). The number of anilines is 3. The van der Waals surface area contributed by atoms with E-state index in [4.69, 9.17) is 49.0 Å². The van der Waals surface area contributed by atoms with Gasteiger partial charge in [0.25, 0.3) is 0 Å². The summed E-state index contributed by atoms with van der Waals surface area (Å²) in [6.07, 6.45) is 0. The lowest BCUT2D eigenvalue weighted by molar-refractivity contribution is 0.414. The fourth-order valence-corrected chi connectivity index (χ4v) is 3.74. The summed E-state index contributed by atoms with van der Waals surface area (Å²) in [6.45, 7) is 0. The predicted octanol–water partition coefficient (Wildman–Crippen LogP) is 7.14. The van der Waals surface area contributed by atoms with E-state index >= 15 is 0 Å². The summed E-state index contributed by atoms with van der Waals surface area (Å²) in [6, 6.07) is 16.4. The average molecular weight is 439 g/mol. The van der Waals surface area contributed by atoms with E-state index in [1.54, 1.807) is 39.5 Å². The molecule has 0 bridgehead atoms. The van der Waals surface area contributed by atoms with E-state index in [0.29, 0.717) is 49.4 Å². The molecule has 3 aromatic rings. The molecule has 0 aliphatic heterocycles. The molecule has 7 heteroatoms. The Morgan fingerprint density at radius 2 is 0.821 bits per heavy atom. The van der Waals surface area contributed by atoms with Crippen molar-refractivity contribution in [2.24, 2.45) is 0 Å². The van der Waals surface area contributed by atoms with Gasteiger partial charge >= 0.3 is 0 Å². The van der Waals surface area contributed by atoms with Crippen LogP contribution in [-0.2, 0) is 0 Å². The van der Waals surface area contributed by atoms with Crippen LogP contribution in [0.5, 0.6) is 17.2 Å². The van der Waals surface area contributed by atoms with Crippen LogP contribution in [0.25, 0.3) is 0 Å². The van der Waals surface area contributed by atoms with Crippen molar-refractivity contribution in [3.05, 3.63) is 69.7 Å². The number of halogens is 3. The first-order chi connectivity index (χ1) is 13.5. The van der Waals surface area contributed by atoms with Gasteiger partial charge in [-0.3, -0.25) is 0 Å². The van der Waals surface area contributed by atoms with Crippen molar-refractivity contribution in [1.29, 1.82) is 0 Å². The van der Waals surface area contributed by atoms with Gasteiger partial charge in [0.1, 0.15) is 32.3 Å². The Labute approximate surface area is 179 Å². The normalized spacial score (nSPS) is 10.5. The maximum Gasteiger partial charge on any atom is 0.139 e. The van der Waals surface area contributed by atoms with Crippen molar-refractivity contribution in [1.82, 2.24) is 0 Å². The predicted molar refractivity (Wildman–Crippen MR) is 116 cm³/mol. The number of benzene rings is 3. The molecule has 4 nitrogen and oxygen atoms in total. The van der Waals surface area contributed by atoms with Crippen LogP contribution in [0, 0.1) is 0 Å². The lowest BCUT2D eigenvalue weighted by atomic mass is 10.1. The van der Waals surface area contributed by atoms with Gasteiger partial charge in [0.05, 0.1) is 38.4 Å². The van der Waals surface area contributed by atoms with E-state index in [1.807, 2.05) is 41.3 Å². The van der Waals surface area contributed by atoms with Crippen LogP contribution in [0.15, 0.2) is 54.6 Å². The second kappa shape index (κ2) is 8.82. The van der Waals surface area contributed by atoms with Gasteiger partial charge in [0, 0.05) is 0 Å². The minimum Gasteiger partial charge on any atom is -0.495 e. The van der Waals surface area contributed by atoms with Crippen LogP contribution >= 0.6 is 34.8 Å². The van der Waals surface area contributed by atoms with E-state index in [9.17, 15) is 0 Å². The molecule has 0 N–H and O–H groups in total.